The van der Waals surface area contributed by atoms with Gasteiger partial charge < -0.3 is 28.5 Å². The Balaban J connectivity index is 0.00000220. The van der Waals surface area contributed by atoms with Gasteiger partial charge in [-0.2, -0.15) is 0 Å². The van der Waals surface area contributed by atoms with Crippen molar-refractivity contribution in [3.05, 3.63) is 23.6 Å². The van der Waals surface area contributed by atoms with E-state index in [1.807, 2.05) is 0 Å². The van der Waals surface area contributed by atoms with Crippen molar-refractivity contribution in [1.29, 1.82) is 0 Å². The molecule has 1 fully saturated rings. The number of likely N-dealkylation sites (tertiary alicyclic amines) is 1. The van der Waals surface area contributed by atoms with E-state index in [1.165, 1.54) is 49.8 Å². The highest BCUT2D eigenvalue weighted by molar-refractivity contribution is 5.96. The van der Waals surface area contributed by atoms with Gasteiger partial charge in [-0.05, 0) is 50.5 Å². The summed E-state index contributed by atoms with van der Waals surface area (Å²) in [6.07, 6.45) is 11.9. The lowest BCUT2D eigenvalue weighted by Crippen LogP contribution is -3.00. The van der Waals surface area contributed by atoms with Crippen molar-refractivity contribution in [2.45, 2.75) is 51.4 Å². The molecule has 21 heavy (non-hydrogen) atoms. The molecular weight excluding hydrogens is 380 g/mol. The van der Waals surface area contributed by atoms with Crippen molar-refractivity contribution in [3.63, 3.8) is 0 Å². The molecule has 0 amide bonds. The Labute approximate surface area is 145 Å². The smallest absolute Gasteiger partial charge is 0.195 e. The van der Waals surface area contributed by atoms with Gasteiger partial charge >= 0.3 is 0 Å². The first-order chi connectivity index (χ1) is 9.61. The molecule has 1 heterocycles. The molecule has 0 radical (unpaired) electrons. The van der Waals surface area contributed by atoms with Crippen molar-refractivity contribution >= 4 is 5.78 Å². The normalized spacial score (nSPS) is 21.3. The maximum Gasteiger partial charge on any atom is 0.195 e. The summed E-state index contributed by atoms with van der Waals surface area (Å²) >= 11 is 0. The molecule has 1 aliphatic heterocycles. The number of halogens is 2. The third-order valence-electron chi connectivity index (χ3n) is 4.69. The number of carbonyl (C=O) groups is 1. The highest BCUT2D eigenvalue weighted by Crippen LogP contribution is 2.23. The highest BCUT2D eigenvalue weighted by atomic mass is 127. The Morgan fingerprint density at radius 1 is 1.14 bits per heavy atom. The van der Waals surface area contributed by atoms with Crippen LogP contribution in [0, 0.1) is 0 Å². The summed E-state index contributed by atoms with van der Waals surface area (Å²) < 4.78 is 14.8. The van der Waals surface area contributed by atoms with Crippen LogP contribution < -0.4 is 24.0 Å². The van der Waals surface area contributed by atoms with Gasteiger partial charge in [-0.3, -0.25) is 4.79 Å². The number of carbonyl (C=O) groups excluding carboxylic acids is 1. The lowest BCUT2D eigenvalue weighted by atomic mass is 9.99. The second kappa shape index (κ2) is 9.03. The van der Waals surface area contributed by atoms with Gasteiger partial charge in [-0.1, -0.05) is 12.2 Å². The van der Waals surface area contributed by atoms with Gasteiger partial charge in [0.05, 0.1) is 26.7 Å². The molecule has 2 rings (SSSR count). The van der Waals surface area contributed by atoms with E-state index in [2.05, 4.69) is 7.05 Å². The topological polar surface area (TPSA) is 17.1 Å². The summed E-state index contributed by atoms with van der Waals surface area (Å²) in [5, 5.41) is 0. The van der Waals surface area contributed by atoms with Crippen LogP contribution in [-0.2, 0) is 4.79 Å². The fourth-order valence-corrected chi connectivity index (χ4v) is 3.33. The van der Waals surface area contributed by atoms with E-state index in [-0.39, 0.29) is 36.2 Å². The van der Waals surface area contributed by atoms with Crippen LogP contribution >= 0.6 is 0 Å². The standard InChI is InChI=1S/C17H27FNO.HI/c1-19(13-6-3-7-14-19)12-5-2-4-9-15-10-8-11-16(20)17(15)18;/h8,10H,2-7,9,11-14H2,1H3;1H/q+1;/p-1. The summed E-state index contributed by atoms with van der Waals surface area (Å²) in [6.45, 7) is 3.88. The number of ketones is 1. The minimum Gasteiger partial charge on any atom is -1.00 e. The number of rotatable bonds is 6. The molecule has 0 spiro atoms. The third kappa shape index (κ3) is 5.81. The van der Waals surface area contributed by atoms with E-state index in [4.69, 9.17) is 0 Å². The summed E-state index contributed by atoms with van der Waals surface area (Å²) in [5.41, 5.74) is 0.611. The number of unbranched alkanes of at least 4 members (excludes halogenated alkanes) is 2. The molecular formula is C17H27FINO. The fourth-order valence-electron chi connectivity index (χ4n) is 3.33. The van der Waals surface area contributed by atoms with Gasteiger partial charge in [0, 0.05) is 6.42 Å². The summed E-state index contributed by atoms with van der Waals surface area (Å²) in [5.74, 6) is -0.851. The van der Waals surface area contributed by atoms with Gasteiger partial charge in [0.2, 0.25) is 0 Å². The van der Waals surface area contributed by atoms with Gasteiger partial charge in [-0.25, -0.2) is 4.39 Å². The van der Waals surface area contributed by atoms with E-state index in [1.54, 1.807) is 12.2 Å². The van der Waals surface area contributed by atoms with Crippen LogP contribution in [0.4, 0.5) is 4.39 Å². The Morgan fingerprint density at radius 3 is 2.57 bits per heavy atom. The first-order valence-electron chi connectivity index (χ1n) is 8.03. The molecule has 4 heteroatoms. The van der Waals surface area contributed by atoms with Crippen LogP contribution in [0.1, 0.15) is 51.4 Å². The van der Waals surface area contributed by atoms with Gasteiger partial charge in [0.25, 0.3) is 0 Å². The maximum atomic E-state index is 13.6. The fraction of sp³-hybridized carbons (Fsp3) is 0.706. The van der Waals surface area contributed by atoms with E-state index in [0.717, 1.165) is 12.8 Å². The van der Waals surface area contributed by atoms with E-state index in [0.29, 0.717) is 12.0 Å². The molecule has 0 aromatic heterocycles. The van der Waals surface area contributed by atoms with Gasteiger partial charge in [-0.15, -0.1) is 0 Å². The number of quaternary nitrogens is 1. The monoisotopic (exact) mass is 407 g/mol. The molecule has 0 N–H and O–H groups in total. The molecule has 0 bridgehead atoms. The van der Waals surface area contributed by atoms with Crippen molar-refractivity contribution in [2.24, 2.45) is 0 Å². The number of hydrogen-bond donors (Lipinski definition) is 0. The first kappa shape index (κ1) is 18.8. The zero-order valence-corrected chi connectivity index (χ0v) is 15.2. The largest absolute Gasteiger partial charge is 1.00 e. The van der Waals surface area contributed by atoms with Crippen molar-refractivity contribution < 1.29 is 37.6 Å². The van der Waals surface area contributed by atoms with E-state index in [9.17, 15) is 9.18 Å². The van der Waals surface area contributed by atoms with Crippen LogP contribution in [0.25, 0.3) is 0 Å². The number of Topliss-reactive ketones (excluding diaryl/α,β-unsaturated/α-hetero) is 1. The number of allylic oxidation sites excluding steroid dienone is 4. The zero-order chi connectivity index (χ0) is 14.4. The summed E-state index contributed by atoms with van der Waals surface area (Å²) in [4.78, 5) is 11.3. The quantitative estimate of drug-likeness (QED) is 0.364. The molecule has 0 atom stereocenters. The average Bonchev–Trinajstić information content (AvgIpc) is 2.44. The third-order valence-corrected chi connectivity index (χ3v) is 4.69. The molecule has 0 aromatic rings. The van der Waals surface area contributed by atoms with Crippen LogP contribution in [-0.4, -0.2) is 36.9 Å². The Hall–Kier alpha value is -0.230. The van der Waals surface area contributed by atoms with E-state index < -0.39 is 5.83 Å². The Kier molecular flexibility index (Phi) is 8.09. The Morgan fingerprint density at radius 2 is 1.86 bits per heavy atom. The molecule has 0 aromatic carbocycles. The minimum absolute atomic E-state index is 0. The number of nitrogens with zero attached hydrogens (tertiary/aromatic N) is 1. The lowest BCUT2D eigenvalue weighted by Gasteiger charge is -2.37. The summed E-state index contributed by atoms with van der Waals surface area (Å²) in [7, 11) is 2.36. The maximum absolute atomic E-state index is 13.6. The predicted molar refractivity (Wildman–Crippen MR) is 80.0 cm³/mol. The number of piperidine rings is 1. The van der Waals surface area contributed by atoms with Crippen LogP contribution in [0.3, 0.4) is 0 Å². The average molecular weight is 407 g/mol. The second-order valence-corrected chi connectivity index (χ2v) is 6.53. The zero-order valence-electron chi connectivity index (χ0n) is 13.0. The minimum atomic E-state index is -0.498. The van der Waals surface area contributed by atoms with Crippen molar-refractivity contribution in [3.8, 4) is 0 Å². The molecule has 0 saturated carbocycles. The first-order valence-corrected chi connectivity index (χ1v) is 8.03. The molecule has 0 unspecified atom stereocenters. The molecule has 2 aliphatic rings. The number of hydrogen-bond acceptors (Lipinski definition) is 1. The Bertz CT molecular complexity index is 411. The van der Waals surface area contributed by atoms with Gasteiger partial charge in [0.1, 0.15) is 0 Å². The van der Waals surface area contributed by atoms with Crippen molar-refractivity contribution in [1.82, 2.24) is 0 Å². The van der Waals surface area contributed by atoms with Crippen molar-refractivity contribution in [2.75, 3.05) is 26.7 Å². The van der Waals surface area contributed by atoms with Gasteiger partial charge in [0.15, 0.2) is 11.6 Å². The molecule has 120 valence electrons. The van der Waals surface area contributed by atoms with E-state index >= 15 is 0 Å². The highest BCUT2D eigenvalue weighted by Gasteiger charge is 2.23. The lowest BCUT2D eigenvalue weighted by molar-refractivity contribution is -0.914. The van der Waals surface area contributed by atoms with Crippen LogP contribution in [0.2, 0.25) is 0 Å². The second-order valence-electron chi connectivity index (χ2n) is 6.53. The van der Waals surface area contributed by atoms with Crippen LogP contribution in [0.15, 0.2) is 23.6 Å². The molecule has 1 saturated heterocycles. The SMILES string of the molecule is C[N+]1(CCCCCC2=C(F)C(=O)CC=C2)CCCCC1.[I-]. The summed E-state index contributed by atoms with van der Waals surface area (Å²) in [6, 6.07) is 0. The molecule has 2 nitrogen and oxygen atoms in total. The molecule has 1 aliphatic carbocycles. The predicted octanol–water partition coefficient (Wildman–Crippen LogP) is 0.934. The van der Waals surface area contributed by atoms with Crippen LogP contribution in [0.5, 0.6) is 0 Å².